The fourth-order valence-electron chi connectivity index (χ4n) is 2.33. The summed E-state index contributed by atoms with van der Waals surface area (Å²) in [6.07, 6.45) is -0.136. The van der Waals surface area contributed by atoms with Crippen LogP contribution in [0.3, 0.4) is 0 Å². The normalized spacial score (nSPS) is 22.0. The standard InChI is InChI=1S/C15H20ClNO4/c1-10-9-21-12(7-16)8-17(10)15(18)13-6-11(19-2)4-5-14(13)20-3/h4-6,10,12H,7-9H2,1-3H3. The minimum Gasteiger partial charge on any atom is -0.497 e. The molecule has 1 saturated heterocycles. The van der Waals surface area contributed by atoms with Gasteiger partial charge >= 0.3 is 0 Å². The first-order chi connectivity index (χ1) is 10.1. The largest absolute Gasteiger partial charge is 0.497 e. The molecule has 1 fully saturated rings. The van der Waals surface area contributed by atoms with Crippen LogP contribution in [-0.4, -0.2) is 56.2 Å². The van der Waals surface area contributed by atoms with Gasteiger partial charge in [-0.15, -0.1) is 11.6 Å². The quantitative estimate of drug-likeness (QED) is 0.799. The molecular weight excluding hydrogens is 294 g/mol. The van der Waals surface area contributed by atoms with Crippen molar-refractivity contribution < 1.29 is 19.0 Å². The molecule has 21 heavy (non-hydrogen) atoms. The topological polar surface area (TPSA) is 48.0 Å². The maximum atomic E-state index is 12.8. The summed E-state index contributed by atoms with van der Waals surface area (Å²) >= 11 is 5.84. The van der Waals surface area contributed by atoms with E-state index in [1.54, 1.807) is 37.3 Å². The molecule has 0 aromatic heterocycles. The molecular formula is C15H20ClNO4. The van der Waals surface area contributed by atoms with Crippen LogP contribution >= 0.6 is 11.6 Å². The monoisotopic (exact) mass is 313 g/mol. The number of amides is 1. The fourth-order valence-corrected chi connectivity index (χ4v) is 2.52. The van der Waals surface area contributed by atoms with Gasteiger partial charge in [-0.05, 0) is 25.1 Å². The zero-order chi connectivity index (χ0) is 15.4. The number of hydrogen-bond acceptors (Lipinski definition) is 4. The molecule has 0 aliphatic carbocycles. The van der Waals surface area contributed by atoms with E-state index in [4.69, 9.17) is 25.8 Å². The summed E-state index contributed by atoms with van der Waals surface area (Å²) in [6, 6.07) is 5.18. The number of nitrogens with zero attached hydrogens (tertiary/aromatic N) is 1. The van der Waals surface area contributed by atoms with Crippen molar-refractivity contribution in [2.24, 2.45) is 0 Å². The van der Waals surface area contributed by atoms with Gasteiger partial charge in [-0.25, -0.2) is 0 Å². The highest BCUT2D eigenvalue weighted by Crippen LogP contribution is 2.27. The van der Waals surface area contributed by atoms with E-state index < -0.39 is 0 Å². The number of alkyl halides is 1. The van der Waals surface area contributed by atoms with Gasteiger partial charge in [0.1, 0.15) is 11.5 Å². The van der Waals surface area contributed by atoms with Crippen molar-refractivity contribution in [2.75, 3.05) is 33.3 Å². The van der Waals surface area contributed by atoms with Gasteiger partial charge in [-0.2, -0.15) is 0 Å². The summed E-state index contributed by atoms with van der Waals surface area (Å²) in [7, 11) is 3.11. The van der Waals surface area contributed by atoms with Crippen molar-refractivity contribution in [3.05, 3.63) is 23.8 Å². The lowest BCUT2D eigenvalue weighted by Crippen LogP contribution is -2.51. The number of methoxy groups -OCH3 is 2. The Morgan fingerprint density at radius 3 is 2.81 bits per heavy atom. The highest BCUT2D eigenvalue weighted by Gasteiger charge is 2.31. The summed E-state index contributed by atoms with van der Waals surface area (Å²) < 4.78 is 16.0. The number of ether oxygens (including phenoxy) is 3. The zero-order valence-electron chi connectivity index (χ0n) is 12.5. The van der Waals surface area contributed by atoms with Gasteiger partial charge in [-0.1, -0.05) is 0 Å². The lowest BCUT2D eigenvalue weighted by Gasteiger charge is -2.37. The molecule has 2 rings (SSSR count). The number of hydrogen-bond donors (Lipinski definition) is 0. The third-order valence-corrected chi connectivity index (χ3v) is 3.92. The van der Waals surface area contributed by atoms with Crippen LogP contribution in [0.25, 0.3) is 0 Å². The molecule has 6 heteroatoms. The maximum Gasteiger partial charge on any atom is 0.258 e. The molecule has 0 radical (unpaired) electrons. The van der Waals surface area contributed by atoms with Crippen LogP contribution in [-0.2, 0) is 4.74 Å². The van der Waals surface area contributed by atoms with Crippen LogP contribution in [0, 0.1) is 0 Å². The fraction of sp³-hybridized carbons (Fsp3) is 0.533. The molecule has 116 valence electrons. The first kappa shape index (κ1) is 15.9. The Labute approximate surface area is 129 Å². The summed E-state index contributed by atoms with van der Waals surface area (Å²) in [5.41, 5.74) is 0.485. The lowest BCUT2D eigenvalue weighted by molar-refractivity contribution is -0.0372. The predicted octanol–water partition coefficient (Wildman–Crippen LogP) is 2.17. The van der Waals surface area contributed by atoms with Gasteiger partial charge in [0.2, 0.25) is 0 Å². The SMILES string of the molecule is COc1ccc(OC)c(C(=O)N2CC(CCl)OCC2C)c1. The van der Waals surface area contributed by atoms with Crippen LogP contribution in [0.1, 0.15) is 17.3 Å². The molecule has 1 amide bonds. The number of rotatable bonds is 4. The third-order valence-electron chi connectivity index (χ3n) is 3.58. The predicted molar refractivity (Wildman–Crippen MR) is 80.5 cm³/mol. The Bertz CT molecular complexity index is 508. The van der Waals surface area contributed by atoms with Crippen LogP contribution in [0.5, 0.6) is 11.5 Å². The molecule has 2 unspecified atom stereocenters. The molecule has 1 aromatic rings. The van der Waals surface area contributed by atoms with E-state index in [0.717, 1.165) is 0 Å². The van der Waals surface area contributed by atoms with Crippen LogP contribution in [0.15, 0.2) is 18.2 Å². The molecule has 5 nitrogen and oxygen atoms in total. The molecule has 2 atom stereocenters. The Hall–Kier alpha value is -1.46. The van der Waals surface area contributed by atoms with Crippen molar-refractivity contribution in [2.45, 2.75) is 19.1 Å². The summed E-state index contributed by atoms with van der Waals surface area (Å²) in [6.45, 7) is 2.91. The number of morpholine rings is 1. The molecule has 1 heterocycles. The van der Waals surface area contributed by atoms with E-state index in [2.05, 4.69) is 0 Å². The van der Waals surface area contributed by atoms with E-state index in [1.165, 1.54) is 0 Å². The number of halogens is 1. The van der Waals surface area contributed by atoms with Gasteiger partial charge in [-0.3, -0.25) is 4.79 Å². The Balaban J connectivity index is 2.29. The van der Waals surface area contributed by atoms with E-state index in [1.807, 2.05) is 6.92 Å². The second kappa shape index (κ2) is 7.00. The maximum absolute atomic E-state index is 12.8. The zero-order valence-corrected chi connectivity index (χ0v) is 13.2. The molecule has 0 N–H and O–H groups in total. The summed E-state index contributed by atoms with van der Waals surface area (Å²) in [5.74, 6) is 1.42. The minimum atomic E-state index is -0.136. The van der Waals surface area contributed by atoms with Gasteiger partial charge in [0.05, 0.1) is 44.4 Å². The first-order valence-corrected chi connectivity index (χ1v) is 7.34. The highest BCUT2D eigenvalue weighted by molar-refractivity contribution is 6.18. The van der Waals surface area contributed by atoms with Crippen molar-refractivity contribution in [1.82, 2.24) is 4.90 Å². The van der Waals surface area contributed by atoms with Crippen molar-refractivity contribution in [3.63, 3.8) is 0 Å². The third kappa shape index (κ3) is 3.41. The van der Waals surface area contributed by atoms with Gasteiger partial charge in [0.25, 0.3) is 5.91 Å². The van der Waals surface area contributed by atoms with Gasteiger partial charge in [0, 0.05) is 6.54 Å². The Morgan fingerprint density at radius 1 is 1.43 bits per heavy atom. The molecule has 0 bridgehead atoms. The van der Waals surface area contributed by atoms with Gasteiger partial charge < -0.3 is 19.1 Å². The van der Waals surface area contributed by atoms with E-state index in [0.29, 0.717) is 36.1 Å². The first-order valence-electron chi connectivity index (χ1n) is 6.81. The molecule has 0 spiro atoms. The van der Waals surface area contributed by atoms with Crippen LogP contribution in [0.2, 0.25) is 0 Å². The minimum absolute atomic E-state index is 0.00660. The van der Waals surface area contributed by atoms with Crippen LogP contribution < -0.4 is 9.47 Å². The van der Waals surface area contributed by atoms with Crippen LogP contribution in [0.4, 0.5) is 0 Å². The Kier molecular flexibility index (Phi) is 5.31. The van der Waals surface area contributed by atoms with Gasteiger partial charge in [0.15, 0.2) is 0 Å². The van der Waals surface area contributed by atoms with Crippen molar-refractivity contribution in [3.8, 4) is 11.5 Å². The Morgan fingerprint density at radius 2 is 2.19 bits per heavy atom. The molecule has 0 saturated carbocycles. The van der Waals surface area contributed by atoms with E-state index >= 15 is 0 Å². The summed E-state index contributed by atoms with van der Waals surface area (Å²) in [5, 5.41) is 0. The van der Waals surface area contributed by atoms with E-state index in [-0.39, 0.29) is 18.1 Å². The average Bonchev–Trinajstić information content (AvgIpc) is 2.54. The molecule has 1 aliphatic rings. The van der Waals surface area contributed by atoms with Crippen molar-refractivity contribution in [1.29, 1.82) is 0 Å². The molecule has 1 aliphatic heterocycles. The number of carbonyl (C=O) groups excluding carboxylic acids is 1. The second-order valence-electron chi connectivity index (χ2n) is 4.98. The summed E-state index contributed by atoms with van der Waals surface area (Å²) in [4.78, 5) is 14.6. The number of carbonyl (C=O) groups is 1. The second-order valence-corrected chi connectivity index (χ2v) is 5.29. The van der Waals surface area contributed by atoms with Crippen molar-refractivity contribution >= 4 is 17.5 Å². The smallest absolute Gasteiger partial charge is 0.258 e. The average molecular weight is 314 g/mol. The lowest BCUT2D eigenvalue weighted by atomic mass is 10.1. The van der Waals surface area contributed by atoms with E-state index in [9.17, 15) is 4.79 Å². The highest BCUT2D eigenvalue weighted by atomic mass is 35.5. The molecule has 1 aromatic carbocycles. The number of benzene rings is 1.